The van der Waals surface area contributed by atoms with Gasteiger partial charge in [0.05, 0.1) is 12.7 Å². The lowest BCUT2D eigenvalue weighted by molar-refractivity contribution is -0.158. The molecule has 0 radical (unpaired) electrons. The molecule has 1 aromatic heterocycles. The van der Waals surface area contributed by atoms with Crippen LogP contribution >= 0.6 is 0 Å². The van der Waals surface area contributed by atoms with Crippen molar-refractivity contribution in [2.24, 2.45) is 0 Å². The molecule has 150 valence electrons. The molecule has 1 unspecified atom stereocenters. The van der Waals surface area contributed by atoms with E-state index in [9.17, 15) is 9.59 Å². The van der Waals surface area contributed by atoms with Crippen LogP contribution in [0.4, 0.5) is 0 Å². The first kappa shape index (κ1) is 19.2. The highest BCUT2D eigenvalue weighted by Gasteiger charge is 2.23. The number of carbonyl (C=O) groups is 2. The van der Waals surface area contributed by atoms with Gasteiger partial charge in [-0.1, -0.05) is 30.3 Å². The maximum atomic E-state index is 12.6. The standard InChI is InChI=1S/C24H25NO4/c1-16(24(27)25(2)14-17-7-4-3-5-8-17)29-23(26)13-20-15-28-22-12-19-10-6-9-18(19)11-21(20)22/h3-5,7-8,11-12,15-16H,6,9-10,13-14H2,1-2H3. The Labute approximate surface area is 170 Å². The summed E-state index contributed by atoms with van der Waals surface area (Å²) in [6.45, 7) is 2.08. The molecular formula is C24H25NO4. The van der Waals surface area contributed by atoms with Crippen LogP contribution in [-0.4, -0.2) is 29.9 Å². The van der Waals surface area contributed by atoms with Gasteiger partial charge in [-0.25, -0.2) is 0 Å². The monoisotopic (exact) mass is 391 g/mol. The van der Waals surface area contributed by atoms with E-state index in [0.717, 1.165) is 41.4 Å². The van der Waals surface area contributed by atoms with Gasteiger partial charge in [0.2, 0.25) is 0 Å². The van der Waals surface area contributed by atoms with Crippen molar-refractivity contribution in [1.82, 2.24) is 4.90 Å². The minimum atomic E-state index is -0.835. The fourth-order valence-corrected chi connectivity index (χ4v) is 3.98. The van der Waals surface area contributed by atoms with Crippen molar-refractivity contribution in [2.45, 2.75) is 45.3 Å². The number of carbonyl (C=O) groups excluding carboxylic acids is 2. The van der Waals surface area contributed by atoms with Crippen LogP contribution in [0.3, 0.4) is 0 Å². The summed E-state index contributed by atoms with van der Waals surface area (Å²) in [6, 6.07) is 13.9. The van der Waals surface area contributed by atoms with E-state index in [0.29, 0.717) is 6.54 Å². The predicted octanol–water partition coefficient (Wildman–Crippen LogP) is 4.05. The van der Waals surface area contributed by atoms with E-state index < -0.39 is 12.1 Å². The summed E-state index contributed by atoms with van der Waals surface area (Å²) in [4.78, 5) is 26.6. The molecule has 5 heteroatoms. The molecule has 5 nitrogen and oxygen atoms in total. The van der Waals surface area contributed by atoms with Crippen molar-refractivity contribution in [3.8, 4) is 0 Å². The van der Waals surface area contributed by atoms with Crippen molar-refractivity contribution < 1.29 is 18.7 Å². The molecule has 0 spiro atoms. The average molecular weight is 391 g/mol. The molecule has 0 saturated heterocycles. The van der Waals surface area contributed by atoms with Crippen LogP contribution in [0.5, 0.6) is 0 Å². The number of hydrogen-bond donors (Lipinski definition) is 0. The van der Waals surface area contributed by atoms with E-state index in [1.807, 2.05) is 30.3 Å². The molecule has 29 heavy (non-hydrogen) atoms. The first-order valence-electron chi connectivity index (χ1n) is 10.0. The molecule has 1 aliphatic rings. The summed E-state index contributed by atoms with van der Waals surface area (Å²) in [6.07, 6.45) is 4.19. The number of likely N-dealkylation sites (N-methyl/N-ethyl adjacent to an activating group) is 1. The maximum Gasteiger partial charge on any atom is 0.311 e. The third kappa shape index (κ3) is 4.19. The highest BCUT2D eigenvalue weighted by Crippen LogP contribution is 2.30. The second kappa shape index (κ2) is 8.11. The third-order valence-corrected chi connectivity index (χ3v) is 5.50. The van der Waals surface area contributed by atoms with Gasteiger partial charge in [0.1, 0.15) is 5.58 Å². The lowest BCUT2D eigenvalue weighted by Gasteiger charge is -2.21. The summed E-state index contributed by atoms with van der Waals surface area (Å²) in [5, 5.41) is 0.961. The first-order valence-corrected chi connectivity index (χ1v) is 10.0. The predicted molar refractivity (Wildman–Crippen MR) is 110 cm³/mol. The number of nitrogens with zero attached hydrogens (tertiary/aromatic N) is 1. The second-order valence-electron chi connectivity index (χ2n) is 7.72. The zero-order valence-electron chi connectivity index (χ0n) is 16.8. The zero-order chi connectivity index (χ0) is 20.4. The van der Waals surface area contributed by atoms with Gasteiger partial charge < -0.3 is 14.1 Å². The number of rotatable bonds is 6. The van der Waals surface area contributed by atoms with Crippen molar-refractivity contribution in [2.75, 3.05) is 7.05 Å². The van der Waals surface area contributed by atoms with Gasteiger partial charge in [-0.3, -0.25) is 9.59 Å². The molecule has 1 atom stereocenters. The van der Waals surface area contributed by atoms with Crippen molar-refractivity contribution in [1.29, 1.82) is 0 Å². The second-order valence-corrected chi connectivity index (χ2v) is 7.72. The molecule has 1 aliphatic carbocycles. The van der Waals surface area contributed by atoms with Gasteiger partial charge in [0.15, 0.2) is 6.10 Å². The lowest BCUT2D eigenvalue weighted by atomic mass is 10.0. The molecule has 0 N–H and O–H groups in total. The van der Waals surface area contributed by atoms with Crippen LogP contribution in [0.25, 0.3) is 11.0 Å². The van der Waals surface area contributed by atoms with Gasteiger partial charge in [-0.15, -0.1) is 0 Å². The quantitative estimate of drug-likeness (QED) is 0.595. The van der Waals surface area contributed by atoms with Crippen LogP contribution in [0.15, 0.2) is 53.1 Å². The fraction of sp³-hybridized carbons (Fsp3) is 0.333. The van der Waals surface area contributed by atoms with Gasteiger partial charge in [0.25, 0.3) is 5.91 Å². The van der Waals surface area contributed by atoms with E-state index in [-0.39, 0.29) is 12.3 Å². The van der Waals surface area contributed by atoms with Crippen LogP contribution < -0.4 is 0 Å². The molecule has 2 aromatic carbocycles. The molecule has 0 aliphatic heterocycles. The lowest BCUT2D eigenvalue weighted by Crippen LogP contribution is -2.37. The van der Waals surface area contributed by atoms with Crippen molar-refractivity contribution in [3.05, 3.63) is 71.0 Å². The minimum Gasteiger partial charge on any atom is -0.464 e. The number of ether oxygens (including phenoxy) is 1. The highest BCUT2D eigenvalue weighted by atomic mass is 16.5. The maximum absolute atomic E-state index is 12.6. The summed E-state index contributed by atoms with van der Waals surface area (Å²) in [5.41, 5.74) is 5.30. The van der Waals surface area contributed by atoms with E-state index in [1.54, 1.807) is 25.1 Å². The van der Waals surface area contributed by atoms with Gasteiger partial charge in [-0.2, -0.15) is 0 Å². The number of fused-ring (bicyclic) bond motifs is 2. The van der Waals surface area contributed by atoms with Crippen molar-refractivity contribution >= 4 is 22.8 Å². The van der Waals surface area contributed by atoms with E-state index in [2.05, 4.69) is 12.1 Å². The SMILES string of the molecule is CC(OC(=O)Cc1coc2cc3c(cc12)CCC3)C(=O)N(C)Cc1ccccc1. The van der Waals surface area contributed by atoms with Crippen LogP contribution in [-0.2, 0) is 40.1 Å². The fourth-order valence-electron chi connectivity index (χ4n) is 3.98. The number of hydrogen-bond acceptors (Lipinski definition) is 4. The molecule has 0 bridgehead atoms. The number of esters is 1. The Morgan fingerprint density at radius 1 is 1.14 bits per heavy atom. The van der Waals surface area contributed by atoms with Crippen LogP contribution in [0.1, 0.15) is 35.6 Å². The van der Waals surface area contributed by atoms with Crippen LogP contribution in [0.2, 0.25) is 0 Å². The van der Waals surface area contributed by atoms with Crippen molar-refractivity contribution in [3.63, 3.8) is 0 Å². The van der Waals surface area contributed by atoms with Gasteiger partial charge >= 0.3 is 5.97 Å². The van der Waals surface area contributed by atoms with E-state index >= 15 is 0 Å². The Kier molecular flexibility index (Phi) is 5.38. The Morgan fingerprint density at radius 2 is 1.86 bits per heavy atom. The molecule has 1 amide bonds. The number of aryl methyl sites for hydroxylation is 2. The molecule has 1 heterocycles. The number of furan rings is 1. The molecule has 0 saturated carbocycles. The summed E-state index contributed by atoms with van der Waals surface area (Å²) in [7, 11) is 1.71. The summed E-state index contributed by atoms with van der Waals surface area (Å²) in [5.74, 6) is -0.653. The Hall–Kier alpha value is -3.08. The Bertz CT molecular complexity index is 1040. The smallest absolute Gasteiger partial charge is 0.311 e. The van der Waals surface area contributed by atoms with Gasteiger partial charge in [-0.05, 0) is 55.0 Å². The highest BCUT2D eigenvalue weighted by molar-refractivity contribution is 5.88. The minimum absolute atomic E-state index is 0.0891. The summed E-state index contributed by atoms with van der Waals surface area (Å²) >= 11 is 0. The Balaban J connectivity index is 1.38. The van der Waals surface area contributed by atoms with E-state index in [4.69, 9.17) is 9.15 Å². The normalized spacial score (nSPS) is 13.9. The Morgan fingerprint density at radius 3 is 2.62 bits per heavy atom. The third-order valence-electron chi connectivity index (χ3n) is 5.50. The summed E-state index contributed by atoms with van der Waals surface area (Å²) < 4.78 is 11.1. The average Bonchev–Trinajstić information content (AvgIpc) is 3.32. The van der Waals surface area contributed by atoms with Crippen LogP contribution in [0, 0.1) is 0 Å². The first-order chi connectivity index (χ1) is 14.0. The molecule has 4 rings (SSSR count). The topological polar surface area (TPSA) is 59.8 Å². The van der Waals surface area contributed by atoms with Gasteiger partial charge in [0, 0.05) is 24.5 Å². The van der Waals surface area contributed by atoms with E-state index in [1.165, 1.54) is 11.1 Å². The zero-order valence-corrected chi connectivity index (χ0v) is 16.8. The molecule has 0 fully saturated rings. The number of benzene rings is 2. The number of amides is 1. The molecule has 3 aromatic rings. The largest absolute Gasteiger partial charge is 0.464 e. The molecular weight excluding hydrogens is 366 g/mol.